The normalized spacial score (nSPS) is 22.8. The van der Waals surface area contributed by atoms with Crippen LogP contribution in [0.25, 0.3) is 0 Å². The molecule has 1 fully saturated rings. The molecule has 1 aliphatic rings. The van der Waals surface area contributed by atoms with E-state index in [0.29, 0.717) is 0 Å². The van der Waals surface area contributed by atoms with Crippen molar-refractivity contribution in [2.24, 2.45) is 5.92 Å². The number of aliphatic hydroxyl groups is 1. The molecule has 1 saturated heterocycles. The molecule has 0 aliphatic carbocycles. The van der Waals surface area contributed by atoms with Gasteiger partial charge in [-0.05, 0) is 24.1 Å². The summed E-state index contributed by atoms with van der Waals surface area (Å²) >= 11 is 1.29. The first-order valence-electron chi connectivity index (χ1n) is 10.6. The zero-order valence-corrected chi connectivity index (χ0v) is 20.8. The zero-order chi connectivity index (χ0) is 24.9. The van der Waals surface area contributed by atoms with Crippen molar-refractivity contribution < 1.29 is 28.3 Å². The van der Waals surface area contributed by atoms with E-state index in [4.69, 9.17) is 19.5 Å². The van der Waals surface area contributed by atoms with Crippen molar-refractivity contribution in [3.63, 3.8) is 0 Å². The Bertz CT molecular complexity index is 1080. The molecule has 11 nitrogen and oxygen atoms in total. The highest BCUT2D eigenvalue weighted by Gasteiger charge is 2.40. The van der Waals surface area contributed by atoms with Gasteiger partial charge in [-0.25, -0.2) is 9.36 Å². The highest BCUT2D eigenvalue weighted by atomic mass is 32.2. The summed E-state index contributed by atoms with van der Waals surface area (Å²) in [4.78, 5) is 28.1. The molecule has 1 aromatic carbocycles. The number of anilines is 1. The van der Waals surface area contributed by atoms with E-state index in [2.05, 4.69) is 10.1 Å². The summed E-state index contributed by atoms with van der Waals surface area (Å²) in [6, 6.07) is 8.96. The van der Waals surface area contributed by atoms with Crippen LogP contribution in [0.5, 0.6) is 5.75 Å². The lowest BCUT2D eigenvalue weighted by Gasteiger charge is -2.27. The van der Waals surface area contributed by atoms with Crippen LogP contribution in [0.2, 0.25) is 0 Å². The fourth-order valence-electron chi connectivity index (χ4n) is 3.33. The van der Waals surface area contributed by atoms with Crippen LogP contribution in [0.3, 0.4) is 0 Å². The zero-order valence-electron chi connectivity index (χ0n) is 19.1. The first-order chi connectivity index (χ1) is 16.1. The Hall–Kier alpha value is -2.37. The van der Waals surface area contributed by atoms with Crippen LogP contribution in [0.4, 0.5) is 5.82 Å². The number of esters is 1. The van der Waals surface area contributed by atoms with E-state index < -0.39 is 42.2 Å². The molecule has 0 saturated carbocycles. The van der Waals surface area contributed by atoms with Gasteiger partial charge in [0.2, 0.25) is 0 Å². The number of hydrogen-bond acceptors (Lipinski definition) is 10. The van der Waals surface area contributed by atoms with Crippen molar-refractivity contribution in [1.29, 1.82) is 0 Å². The maximum absolute atomic E-state index is 13.7. The van der Waals surface area contributed by atoms with E-state index in [9.17, 15) is 19.3 Å². The third-order valence-electron chi connectivity index (χ3n) is 5.16. The fraction of sp³-hybridized carbons (Fsp3) is 0.476. The van der Waals surface area contributed by atoms with Gasteiger partial charge in [-0.3, -0.25) is 13.9 Å². The van der Waals surface area contributed by atoms with Crippen molar-refractivity contribution in [1.82, 2.24) is 14.6 Å². The van der Waals surface area contributed by atoms with Gasteiger partial charge in [-0.15, -0.1) is 11.8 Å². The number of aromatic nitrogens is 2. The minimum Gasteiger partial charge on any atom is -0.468 e. The van der Waals surface area contributed by atoms with E-state index in [1.165, 1.54) is 35.7 Å². The molecule has 186 valence electrons. The molecule has 4 N–H and O–H groups in total. The van der Waals surface area contributed by atoms with Crippen LogP contribution in [-0.4, -0.2) is 51.7 Å². The Morgan fingerprint density at radius 3 is 2.68 bits per heavy atom. The largest absolute Gasteiger partial charge is 0.468 e. The van der Waals surface area contributed by atoms with Crippen molar-refractivity contribution in [3.8, 4) is 5.75 Å². The molecule has 3 rings (SSSR count). The average molecular weight is 513 g/mol. The van der Waals surface area contributed by atoms with Crippen molar-refractivity contribution >= 4 is 31.3 Å². The number of carbonyl (C=O) groups excluding carboxylic acids is 1. The van der Waals surface area contributed by atoms with Gasteiger partial charge < -0.3 is 20.1 Å². The van der Waals surface area contributed by atoms with Gasteiger partial charge in [0, 0.05) is 12.6 Å². The van der Waals surface area contributed by atoms with Crippen LogP contribution in [0.15, 0.2) is 47.4 Å². The molecule has 1 aliphatic heterocycles. The lowest BCUT2D eigenvalue weighted by atomic mass is 10.1. The lowest BCUT2D eigenvalue weighted by molar-refractivity contribution is -0.143. The Morgan fingerprint density at radius 1 is 1.35 bits per heavy atom. The van der Waals surface area contributed by atoms with Gasteiger partial charge in [-0.2, -0.15) is 10.1 Å². The summed E-state index contributed by atoms with van der Waals surface area (Å²) in [5.41, 5.74) is 5.02. The molecule has 34 heavy (non-hydrogen) atoms. The summed E-state index contributed by atoms with van der Waals surface area (Å²) in [7, 11) is -2.84. The van der Waals surface area contributed by atoms with Crippen molar-refractivity contribution in [3.05, 3.63) is 53.1 Å². The summed E-state index contributed by atoms with van der Waals surface area (Å²) < 4.78 is 31.3. The third kappa shape index (κ3) is 6.61. The highest BCUT2D eigenvalue weighted by molar-refractivity contribution is 8.00. The number of benzene rings is 1. The van der Waals surface area contributed by atoms with E-state index in [0.717, 1.165) is 0 Å². The fourth-order valence-corrected chi connectivity index (χ4v) is 6.56. The van der Waals surface area contributed by atoms with Crippen LogP contribution >= 0.6 is 19.5 Å². The number of aliphatic hydroxyl groups excluding tert-OH is 1. The second kappa shape index (κ2) is 11.4. The highest BCUT2D eigenvalue weighted by Crippen LogP contribution is 2.48. The first-order valence-corrected chi connectivity index (χ1v) is 13.1. The molecule has 1 unspecified atom stereocenters. The standard InChI is InChI=1S/C21H29N4O7PS/c1-13(2)19(20(27)30-3)24-33(29,32-14-7-5-4-6-8-14)31-12-16-15(26)11-18(34-16)25-10-9-17(22)23-21(25)28/h4-10,13,15-16,18-19,26H,11-12H2,1-3H3,(H,24,29)(H2,22,23,28)/t15-,16-,18-,19+,33?/m1/s1. The van der Waals surface area contributed by atoms with Crippen molar-refractivity contribution in [2.45, 2.75) is 43.0 Å². The Labute approximate surface area is 201 Å². The lowest BCUT2D eigenvalue weighted by Crippen LogP contribution is -2.41. The minimum absolute atomic E-state index is 0.111. The van der Waals surface area contributed by atoms with Gasteiger partial charge in [0.05, 0.1) is 30.4 Å². The first kappa shape index (κ1) is 26.2. The third-order valence-corrected chi connectivity index (χ3v) is 8.23. The molecule has 1 aromatic heterocycles. The van der Waals surface area contributed by atoms with E-state index in [1.807, 2.05) is 0 Å². The van der Waals surface area contributed by atoms with E-state index in [1.54, 1.807) is 44.2 Å². The summed E-state index contributed by atoms with van der Waals surface area (Å²) in [5, 5.41) is 12.3. The molecule has 0 bridgehead atoms. The Balaban J connectivity index is 1.76. The molecular weight excluding hydrogens is 483 g/mol. The smallest absolute Gasteiger partial charge is 0.459 e. The number of hydrogen-bond donors (Lipinski definition) is 3. The maximum atomic E-state index is 13.7. The maximum Gasteiger partial charge on any atom is 0.459 e. The molecular formula is C21H29N4O7PS. The molecule has 2 aromatic rings. The van der Waals surface area contributed by atoms with Gasteiger partial charge in [0.1, 0.15) is 17.6 Å². The predicted octanol–water partition coefficient (Wildman–Crippen LogP) is 2.18. The molecule has 0 amide bonds. The molecule has 0 spiro atoms. The average Bonchev–Trinajstić information content (AvgIpc) is 3.16. The van der Waals surface area contributed by atoms with E-state index in [-0.39, 0.29) is 30.5 Å². The number of nitrogens with two attached hydrogens (primary N) is 1. The topological polar surface area (TPSA) is 155 Å². The summed E-state index contributed by atoms with van der Waals surface area (Å²) in [5.74, 6) is -0.492. The van der Waals surface area contributed by atoms with Gasteiger partial charge in [0.25, 0.3) is 0 Å². The van der Waals surface area contributed by atoms with Crippen LogP contribution in [-0.2, 0) is 18.6 Å². The number of rotatable bonds is 10. The van der Waals surface area contributed by atoms with Crippen LogP contribution in [0, 0.1) is 5.92 Å². The number of nitrogens with zero attached hydrogens (tertiary/aromatic N) is 2. The second-order valence-corrected chi connectivity index (χ2v) is 11.2. The molecule has 13 heteroatoms. The minimum atomic E-state index is -4.08. The van der Waals surface area contributed by atoms with Crippen LogP contribution < -0.4 is 21.0 Å². The Kier molecular flexibility index (Phi) is 8.78. The summed E-state index contributed by atoms with van der Waals surface area (Å²) in [6.45, 7) is 3.37. The second-order valence-electron chi connectivity index (χ2n) is 8.05. The van der Waals surface area contributed by atoms with Crippen molar-refractivity contribution in [2.75, 3.05) is 19.5 Å². The molecule has 5 atom stereocenters. The number of nitrogen functional groups attached to an aromatic ring is 1. The number of nitrogens with one attached hydrogen (secondary N) is 1. The molecule has 0 radical (unpaired) electrons. The quantitative estimate of drug-likeness (QED) is 0.317. The van der Waals surface area contributed by atoms with Gasteiger partial charge in [-0.1, -0.05) is 32.0 Å². The molecule has 2 heterocycles. The number of carbonyl (C=O) groups is 1. The Morgan fingerprint density at radius 2 is 2.06 bits per heavy atom. The SMILES string of the molecule is COC(=O)[C@@H](NP(=O)(OC[C@H]1S[C@@H](n2ccc(N)nc2=O)C[C@H]1O)Oc1ccccc1)C(C)C. The number of methoxy groups -OCH3 is 1. The monoisotopic (exact) mass is 512 g/mol. The number of thioether (sulfide) groups is 1. The van der Waals surface area contributed by atoms with Gasteiger partial charge in [0.15, 0.2) is 0 Å². The predicted molar refractivity (Wildman–Crippen MR) is 128 cm³/mol. The van der Waals surface area contributed by atoms with Crippen LogP contribution in [0.1, 0.15) is 25.6 Å². The number of para-hydroxylation sites is 1. The summed E-state index contributed by atoms with van der Waals surface area (Å²) in [6.07, 6.45) is 0.941. The number of ether oxygens (including phenoxy) is 1. The van der Waals surface area contributed by atoms with Gasteiger partial charge >= 0.3 is 19.4 Å². The van der Waals surface area contributed by atoms with E-state index >= 15 is 0 Å².